The Morgan fingerprint density at radius 3 is 1.39 bits per heavy atom. The topological polar surface area (TPSA) is 0 Å². The van der Waals surface area contributed by atoms with E-state index < -0.39 is 0 Å². The zero-order valence-electron chi connectivity index (χ0n) is 13.1. The molecule has 0 saturated heterocycles. The van der Waals surface area contributed by atoms with Crippen molar-refractivity contribution in [3.8, 4) is 0 Å². The van der Waals surface area contributed by atoms with Crippen molar-refractivity contribution in [3.05, 3.63) is 19.6 Å². The van der Waals surface area contributed by atoms with Gasteiger partial charge in [0.05, 0.1) is 0 Å². The van der Waals surface area contributed by atoms with Crippen LogP contribution in [0.1, 0.15) is 90.9 Å². The molecule has 104 valence electrons. The van der Waals surface area contributed by atoms with Gasteiger partial charge in [0.15, 0.2) is 0 Å². The van der Waals surface area contributed by atoms with E-state index in [9.17, 15) is 0 Å². The molecule has 0 amide bonds. The van der Waals surface area contributed by atoms with Gasteiger partial charge in [0.2, 0.25) is 0 Å². The summed E-state index contributed by atoms with van der Waals surface area (Å²) in [6, 6.07) is 0. The van der Waals surface area contributed by atoms with Crippen LogP contribution in [0.2, 0.25) is 0 Å². The molecule has 0 aliphatic carbocycles. The molecule has 0 heterocycles. The van der Waals surface area contributed by atoms with Gasteiger partial charge in [0.25, 0.3) is 0 Å². The van der Waals surface area contributed by atoms with E-state index in [0.717, 1.165) is 6.42 Å². The Labute approximate surface area is 130 Å². The summed E-state index contributed by atoms with van der Waals surface area (Å²) in [4.78, 5) is 0. The Balaban J connectivity index is -0.000000709. The third-order valence-electron chi connectivity index (χ3n) is 2.97. The van der Waals surface area contributed by atoms with Crippen molar-refractivity contribution >= 4 is 0 Å². The summed E-state index contributed by atoms with van der Waals surface area (Å²) >= 11 is 0. The van der Waals surface area contributed by atoms with Crippen LogP contribution in [0, 0.1) is 13.5 Å². The molecule has 0 aliphatic heterocycles. The summed E-state index contributed by atoms with van der Waals surface area (Å²) in [6.45, 7) is 12.6. The van der Waals surface area contributed by atoms with E-state index in [1.54, 1.807) is 13.0 Å². The predicted molar refractivity (Wildman–Crippen MR) is 81.0 cm³/mol. The van der Waals surface area contributed by atoms with E-state index in [0.29, 0.717) is 0 Å². The Morgan fingerprint density at radius 1 is 0.722 bits per heavy atom. The fourth-order valence-electron chi connectivity index (χ4n) is 1.93. The maximum absolute atomic E-state index is 5.32. The molecule has 0 aromatic rings. The van der Waals surface area contributed by atoms with Gasteiger partial charge >= 0.3 is 19.5 Å². The molecule has 1 heteroatoms. The second-order valence-electron chi connectivity index (χ2n) is 4.56. The van der Waals surface area contributed by atoms with Crippen molar-refractivity contribution < 1.29 is 19.5 Å². The fraction of sp³-hybridized carbons (Fsp3) is 0.824. The Bertz CT molecular complexity index is 121. The van der Waals surface area contributed by atoms with E-state index in [-0.39, 0.29) is 19.5 Å². The Hall–Kier alpha value is 0.363. The van der Waals surface area contributed by atoms with Gasteiger partial charge in [-0.3, -0.25) is 6.08 Å². The second kappa shape index (κ2) is 26.0. The molecule has 0 atom stereocenters. The number of hydrogen-bond donors (Lipinski definition) is 0. The summed E-state index contributed by atoms with van der Waals surface area (Å²) < 4.78 is 0. The van der Waals surface area contributed by atoms with Crippen LogP contribution in [0.5, 0.6) is 0 Å². The van der Waals surface area contributed by atoms with Crippen molar-refractivity contribution in [1.82, 2.24) is 0 Å². The summed E-state index contributed by atoms with van der Waals surface area (Å²) in [6.07, 6.45) is 18.4. The van der Waals surface area contributed by atoms with Gasteiger partial charge in [-0.25, -0.2) is 0 Å². The molecule has 0 N–H and O–H groups in total. The van der Waals surface area contributed by atoms with Crippen LogP contribution in [-0.4, -0.2) is 0 Å². The number of rotatable bonds is 12. The van der Waals surface area contributed by atoms with Gasteiger partial charge in [-0.1, -0.05) is 84.0 Å². The van der Waals surface area contributed by atoms with E-state index in [4.69, 9.17) is 6.58 Å². The standard InChI is InChI=1S/C15H29.C2H5.Zn/c1-3-5-7-9-11-13-15-14-12-10-8-6-4-2;1-2;/h1,3H,4-15H2,2H3;1H2,2H3;/q2*-1;+2. The van der Waals surface area contributed by atoms with Gasteiger partial charge in [-0.05, 0) is 0 Å². The summed E-state index contributed by atoms with van der Waals surface area (Å²) in [5.41, 5.74) is 0. The summed E-state index contributed by atoms with van der Waals surface area (Å²) in [5, 5.41) is 0. The van der Waals surface area contributed by atoms with E-state index in [1.165, 1.54) is 70.6 Å². The number of hydrogen-bond acceptors (Lipinski definition) is 0. The first-order valence-electron chi connectivity index (χ1n) is 7.66. The minimum Gasteiger partial charge on any atom is -0.518 e. The quantitative estimate of drug-likeness (QED) is 0.219. The first-order valence-corrected chi connectivity index (χ1v) is 7.66. The van der Waals surface area contributed by atoms with Crippen molar-refractivity contribution in [3.63, 3.8) is 0 Å². The largest absolute Gasteiger partial charge is 2.00 e. The zero-order valence-corrected chi connectivity index (χ0v) is 16.0. The molecule has 0 nitrogen and oxygen atoms in total. The van der Waals surface area contributed by atoms with Crippen LogP contribution in [0.15, 0.2) is 6.08 Å². The normalized spacial score (nSPS) is 9.06. The molecule has 0 aromatic heterocycles. The average molecular weight is 304 g/mol. The molecule has 0 fully saturated rings. The second-order valence-corrected chi connectivity index (χ2v) is 4.56. The smallest absolute Gasteiger partial charge is 0.518 e. The molecule has 0 spiro atoms. The van der Waals surface area contributed by atoms with Gasteiger partial charge < -0.3 is 13.5 Å². The predicted octanol–water partition coefficient (Wildman–Crippen LogP) is 6.51. The monoisotopic (exact) mass is 302 g/mol. The summed E-state index contributed by atoms with van der Waals surface area (Å²) in [5.74, 6) is 0. The van der Waals surface area contributed by atoms with Crippen LogP contribution in [0.25, 0.3) is 0 Å². The van der Waals surface area contributed by atoms with Crippen molar-refractivity contribution in [2.75, 3.05) is 0 Å². The maximum atomic E-state index is 5.32. The summed E-state index contributed by atoms with van der Waals surface area (Å²) in [7, 11) is 0. The molecule has 0 aliphatic rings. The molecule has 0 rings (SSSR count). The molecular weight excluding hydrogens is 270 g/mol. The first-order chi connectivity index (χ1) is 8.41. The molecule has 0 radical (unpaired) electrons. The van der Waals surface area contributed by atoms with Gasteiger partial charge in [0.1, 0.15) is 0 Å². The molecule has 0 saturated carbocycles. The molecule has 0 aromatic carbocycles. The third-order valence-corrected chi connectivity index (χ3v) is 2.97. The zero-order chi connectivity index (χ0) is 13.2. The van der Waals surface area contributed by atoms with Crippen molar-refractivity contribution in [2.24, 2.45) is 0 Å². The number of allylic oxidation sites excluding steroid dienone is 1. The van der Waals surface area contributed by atoms with Crippen LogP contribution in [0.3, 0.4) is 0 Å². The Morgan fingerprint density at radius 2 is 1.06 bits per heavy atom. The van der Waals surface area contributed by atoms with E-state index in [1.807, 2.05) is 0 Å². The number of unbranched alkanes of at least 4 members (excludes halogenated alkanes) is 11. The van der Waals surface area contributed by atoms with E-state index in [2.05, 4.69) is 13.8 Å². The SMILES string of the molecule is [CH-]=CCCCCCCCCCCCCC.[CH2-]C.[Zn+2]. The first kappa shape index (κ1) is 23.5. The van der Waals surface area contributed by atoms with Crippen LogP contribution >= 0.6 is 0 Å². The minimum absolute atomic E-state index is 0. The van der Waals surface area contributed by atoms with Gasteiger partial charge in [-0.15, -0.1) is 0 Å². The fourth-order valence-corrected chi connectivity index (χ4v) is 1.93. The molecule has 0 unspecified atom stereocenters. The Kier molecular flexibility index (Phi) is 33.9. The van der Waals surface area contributed by atoms with Crippen LogP contribution < -0.4 is 0 Å². The van der Waals surface area contributed by atoms with Crippen molar-refractivity contribution in [1.29, 1.82) is 0 Å². The van der Waals surface area contributed by atoms with Crippen molar-refractivity contribution in [2.45, 2.75) is 90.9 Å². The van der Waals surface area contributed by atoms with Gasteiger partial charge in [0, 0.05) is 0 Å². The van der Waals surface area contributed by atoms with Crippen LogP contribution in [-0.2, 0) is 19.5 Å². The molecule has 18 heavy (non-hydrogen) atoms. The molecule has 0 bridgehead atoms. The average Bonchev–Trinajstić information content (AvgIpc) is 2.38. The van der Waals surface area contributed by atoms with Gasteiger partial charge in [-0.2, -0.15) is 6.92 Å². The third kappa shape index (κ3) is 25.3. The van der Waals surface area contributed by atoms with E-state index >= 15 is 0 Å². The maximum Gasteiger partial charge on any atom is 2.00 e. The minimum atomic E-state index is 0. The van der Waals surface area contributed by atoms with Crippen LogP contribution in [0.4, 0.5) is 0 Å². The molecular formula is C17H34Zn.